The summed E-state index contributed by atoms with van der Waals surface area (Å²) in [5, 5.41) is 18.7. The van der Waals surface area contributed by atoms with E-state index in [0.717, 1.165) is 6.08 Å². The fraction of sp³-hybridized carbons (Fsp3) is 0.273. The van der Waals surface area contributed by atoms with Crippen molar-refractivity contribution < 1.29 is 29.3 Å². The van der Waals surface area contributed by atoms with Gasteiger partial charge in [-0.2, -0.15) is 0 Å². The van der Waals surface area contributed by atoms with Crippen LogP contribution in [0.5, 0.6) is 0 Å². The quantitative estimate of drug-likeness (QED) is 0.380. The minimum absolute atomic E-state index is 0.0311. The Morgan fingerprint density at radius 3 is 2.82 bits per heavy atom. The van der Waals surface area contributed by atoms with Gasteiger partial charge in [-0.15, -0.1) is 0 Å². The summed E-state index contributed by atoms with van der Waals surface area (Å²) in [6.45, 7) is 6.64. The van der Waals surface area contributed by atoms with E-state index in [1.54, 1.807) is 0 Å². The van der Waals surface area contributed by atoms with E-state index < -0.39 is 24.3 Å². The Labute approximate surface area is 97.5 Å². The molecule has 17 heavy (non-hydrogen) atoms. The van der Waals surface area contributed by atoms with Crippen molar-refractivity contribution in [2.24, 2.45) is 0 Å². The van der Waals surface area contributed by atoms with E-state index in [4.69, 9.17) is 5.11 Å². The minimum atomic E-state index is -1.56. The zero-order valence-electron chi connectivity index (χ0n) is 8.96. The number of aliphatic hydroxyl groups is 2. The molecule has 0 spiro atoms. The van der Waals surface area contributed by atoms with E-state index in [0.29, 0.717) is 0 Å². The molecule has 0 bridgehead atoms. The average Bonchev–Trinajstić information content (AvgIpc) is 2.63. The number of esters is 2. The number of rotatable bonds is 5. The Morgan fingerprint density at radius 1 is 1.71 bits per heavy atom. The number of carbonyl (C=O) groups excluding carboxylic acids is 2. The second kappa shape index (κ2) is 5.42. The molecule has 1 aliphatic heterocycles. The number of hydrogen-bond acceptors (Lipinski definition) is 6. The molecule has 1 heterocycles. The molecular weight excluding hydrogens is 228 g/mol. The van der Waals surface area contributed by atoms with Crippen LogP contribution in [-0.2, 0) is 19.1 Å². The molecular formula is C11H12O6. The van der Waals surface area contributed by atoms with Gasteiger partial charge in [-0.3, -0.25) is 0 Å². The van der Waals surface area contributed by atoms with Crippen LogP contribution in [-0.4, -0.2) is 41.2 Å². The van der Waals surface area contributed by atoms with Crippen LogP contribution in [0.15, 0.2) is 36.5 Å². The van der Waals surface area contributed by atoms with E-state index in [-0.39, 0.29) is 17.8 Å². The van der Waals surface area contributed by atoms with Crippen LogP contribution in [0, 0.1) is 0 Å². The smallest absolute Gasteiger partial charge is 0.339 e. The van der Waals surface area contributed by atoms with Gasteiger partial charge in [0.2, 0.25) is 6.29 Å². The summed E-state index contributed by atoms with van der Waals surface area (Å²) in [5.74, 6) is -1.75. The largest absolute Gasteiger partial charge is 0.458 e. The van der Waals surface area contributed by atoms with Gasteiger partial charge in [0.05, 0.1) is 11.1 Å². The van der Waals surface area contributed by atoms with E-state index in [1.807, 2.05) is 0 Å². The standard InChI is InChI=1S/C11H12O6/c1-3-4-16-10(14)6(2)9(13)7-5-8(12)17-11(7)15/h3,5,8-9,12-13H,1-2,4H2. The van der Waals surface area contributed by atoms with Crippen molar-refractivity contribution in [3.8, 4) is 0 Å². The van der Waals surface area contributed by atoms with Crippen molar-refractivity contribution in [2.75, 3.05) is 6.61 Å². The first-order chi connectivity index (χ1) is 7.97. The number of aliphatic hydroxyl groups excluding tert-OH is 2. The third kappa shape index (κ3) is 3.02. The van der Waals surface area contributed by atoms with Crippen LogP contribution in [0.25, 0.3) is 0 Å². The lowest BCUT2D eigenvalue weighted by atomic mass is 10.0. The Kier molecular flexibility index (Phi) is 4.19. The van der Waals surface area contributed by atoms with Crippen molar-refractivity contribution in [2.45, 2.75) is 12.4 Å². The molecule has 0 saturated heterocycles. The highest BCUT2D eigenvalue weighted by atomic mass is 16.6. The summed E-state index contributed by atoms with van der Waals surface area (Å²) in [6.07, 6.45) is -0.621. The Balaban J connectivity index is 2.70. The molecule has 1 aliphatic rings. The molecule has 0 aromatic carbocycles. The van der Waals surface area contributed by atoms with Crippen LogP contribution in [0.2, 0.25) is 0 Å². The molecule has 0 aliphatic carbocycles. The van der Waals surface area contributed by atoms with Gasteiger partial charge in [0.15, 0.2) is 0 Å². The molecule has 6 nitrogen and oxygen atoms in total. The Morgan fingerprint density at radius 2 is 2.35 bits per heavy atom. The molecule has 6 heteroatoms. The van der Waals surface area contributed by atoms with Gasteiger partial charge in [-0.1, -0.05) is 19.2 Å². The maximum absolute atomic E-state index is 11.3. The number of ether oxygens (including phenoxy) is 2. The first-order valence-corrected chi connectivity index (χ1v) is 4.73. The first kappa shape index (κ1) is 13.1. The molecule has 2 N–H and O–H groups in total. The van der Waals surface area contributed by atoms with Crippen molar-refractivity contribution >= 4 is 11.9 Å². The number of hydrogen-bond donors (Lipinski definition) is 2. The number of cyclic esters (lactones) is 1. The highest BCUT2D eigenvalue weighted by Crippen LogP contribution is 2.20. The first-order valence-electron chi connectivity index (χ1n) is 4.73. The van der Waals surface area contributed by atoms with E-state index in [1.165, 1.54) is 6.08 Å². The second-order valence-corrected chi connectivity index (χ2v) is 3.23. The molecule has 2 unspecified atom stereocenters. The highest BCUT2D eigenvalue weighted by molar-refractivity contribution is 5.97. The molecule has 0 fully saturated rings. The van der Waals surface area contributed by atoms with E-state index in [9.17, 15) is 14.7 Å². The summed E-state index contributed by atoms with van der Waals surface area (Å²) in [5.41, 5.74) is -0.554. The summed E-state index contributed by atoms with van der Waals surface area (Å²) >= 11 is 0. The van der Waals surface area contributed by atoms with Crippen LogP contribution < -0.4 is 0 Å². The molecule has 0 saturated carbocycles. The molecule has 0 amide bonds. The third-order valence-electron chi connectivity index (χ3n) is 2.00. The van der Waals surface area contributed by atoms with E-state index in [2.05, 4.69) is 22.6 Å². The topological polar surface area (TPSA) is 93.1 Å². The summed E-state index contributed by atoms with van der Waals surface area (Å²) < 4.78 is 9.00. The molecule has 1 rings (SSSR count). The van der Waals surface area contributed by atoms with Crippen LogP contribution in [0.1, 0.15) is 0 Å². The maximum Gasteiger partial charge on any atom is 0.339 e. The van der Waals surface area contributed by atoms with Crippen LogP contribution in [0.4, 0.5) is 0 Å². The average molecular weight is 240 g/mol. The number of carbonyl (C=O) groups is 2. The zero-order valence-corrected chi connectivity index (χ0v) is 8.96. The molecule has 0 radical (unpaired) electrons. The molecule has 0 aromatic heterocycles. The predicted octanol–water partition coefficient (Wildman–Crippen LogP) is -0.566. The van der Waals surface area contributed by atoms with Crippen molar-refractivity contribution in [3.05, 3.63) is 36.5 Å². The lowest BCUT2D eigenvalue weighted by Gasteiger charge is -2.11. The van der Waals surface area contributed by atoms with Gasteiger partial charge in [0.1, 0.15) is 12.7 Å². The van der Waals surface area contributed by atoms with Gasteiger partial charge in [0, 0.05) is 0 Å². The second-order valence-electron chi connectivity index (χ2n) is 3.23. The van der Waals surface area contributed by atoms with Crippen LogP contribution in [0.3, 0.4) is 0 Å². The Hall–Kier alpha value is -1.92. The van der Waals surface area contributed by atoms with Crippen LogP contribution >= 0.6 is 0 Å². The lowest BCUT2D eigenvalue weighted by Crippen LogP contribution is -2.24. The zero-order chi connectivity index (χ0) is 13.0. The maximum atomic E-state index is 11.3. The van der Waals surface area contributed by atoms with Gasteiger partial charge in [-0.25, -0.2) is 9.59 Å². The normalized spacial score (nSPS) is 20.2. The molecule has 92 valence electrons. The van der Waals surface area contributed by atoms with Crippen molar-refractivity contribution in [1.29, 1.82) is 0 Å². The van der Waals surface area contributed by atoms with Gasteiger partial charge < -0.3 is 19.7 Å². The van der Waals surface area contributed by atoms with Crippen molar-refractivity contribution in [3.63, 3.8) is 0 Å². The molecule has 2 atom stereocenters. The summed E-state index contributed by atoms with van der Waals surface area (Å²) in [6, 6.07) is 0. The Bertz CT molecular complexity index is 395. The SMILES string of the molecule is C=CCOC(=O)C(=C)C(O)C1=CC(O)OC1=O. The predicted molar refractivity (Wildman–Crippen MR) is 56.5 cm³/mol. The summed E-state index contributed by atoms with van der Waals surface area (Å²) in [4.78, 5) is 22.5. The third-order valence-corrected chi connectivity index (χ3v) is 2.00. The summed E-state index contributed by atoms with van der Waals surface area (Å²) in [7, 11) is 0. The van der Waals surface area contributed by atoms with Gasteiger partial charge >= 0.3 is 11.9 Å². The molecule has 0 aromatic rings. The van der Waals surface area contributed by atoms with Gasteiger partial charge in [-0.05, 0) is 6.08 Å². The fourth-order valence-electron chi connectivity index (χ4n) is 1.16. The highest BCUT2D eigenvalue weighted by Gasteiger charge is 2.33. The monoisotopic (exact) mass is 240 g/mol. The van der Waals surface area contributed by atoms with Crippen molar-refractivity contribution in [1.82, 2.24) is 0 Å². The van der Waals surface area contributed by atoms with Gasteiger partial charge in [0.25, 0.3) is 0 Å². The lowest BCUT2D eigenvalue weighted by molar-refractivity contribution is -0.151. The minimum Gasteiger partial charge on any atom is -0.458 e. The van der Waals surface area contributed by atoms with E-state index >= 15 is 0 Å². The fourth-order valence-corrected chi connectivity index (χ4v) is 1.16.